The Morgan fingerprint density at radius 2 is 0.951 bits per heavy atom. The molecule has 320 valence electrons. The van der Waals surface area contributed by atoms with Crippen LogP contribution in [0.5, 0.6) is 28.7 Å². The van der Waals surface area contributed by atoms with E-state index < -0.39 is 20.4 Å². The molecule has 5 aromatic rings. The summed E-state index contributed by atoms with van der Waals surface area (Å²) in [4.78, 5) is 27.5. The van der Waals surface area contributed by atoms with Crippen LogP contribution in [0.4, 0.5) is 0 Å². The SMILES string of the molecule is Cc1cc(C2C(=O)Oc3c2cc(C(C)(C)C)cc3C(C)(C)C)ccc1OP(Oc1ccccc1)Oc1c(C)cc(C2C(=O)Oc3c2cc(C(C)(C)C)cc3C(C)(C)C)cc1C. The second-order valence-electron chi connectivity index (χ2n) is 20.9. The number of hydrogen-bond donors (Lipinski definition) is 0. The van der Waals surface area contributed by atoms with Crippen LogP contribution in [0.15, 0.2) is 84.9 Å². The van der Waals surface area contributed by atoms with Gasteiger partial charge in [0.05, 0.1) is 0 Å². The van der Waals surface area contributed by atoms with Crippen LogP contribution in [-0.2, 0) is 31.2 Å². The van der Waals surface area contributed by atoms with Gasteiger partial charge in [0.15, 0.2) is 0 Å². The maximum absolute atomic E-state index is 13.8. The lowest BCUT2D eigenvalue weighted by Crippen LogP contribution is -2.17. The summed E-state index contributed by atoms with van der Waals surface area (Å²) < 4.78 is 31.9. The highest BCUT2D eigenvalue weighted by atomic mass is 31.2. The first-order chi connectivity index (χ1) is 28.3. The first kappa shape index (κ1) is 43.9. The van der Waals surface area contributed by atoms with E-state index in [0.29, 0.717) is 28.7 Å². The number of para-hydroxylation sites is 1. The highest BCUT2D eigenvalue weighted by Gasteiger charge is 2.42. The molecule has 2 heterocycles. The van der Waals surface area contributed by atoms with Gasteiger partial charge in [0, 0.05) is 22.3 Å². The molecule has 0 spiro atoms. The van der Waals surface area contributed by atoms with E-state index in [1.165, 1.54) is 0 Å². The topological polar surface area (TPSA) is 80.3 Å². The summed E-state index contributed by atoms with van der Waals surface area (Å²) in [7, 11) is -2.03. The van der Waals surface area contributed by atoms with Crippen molar-refractivity contribution in [2.75, 3.05) is 0 Å². The largest absolute Gasteiger partial charge is 0.530 e. The van der Waals surface area contributed by atoms with Gasteiger partial charge in [0.2, 0.25) is 0 Å². The lowest BCUT2D eigenvalue weighted by atomic mass is 9.77. The van der Waals surface area contributed by atoms with E-state index in [1.54, 1.807) is 0 Å². The Bertz CT molecular complexity index is 2500. The van der Waals surface area contributed by atoms with Gasteiger partial charge in [-0.15, -0.1) is 0 Å². The number of fused-ring (bicyclic) bond motifs is 2. The molecule has 2 aliphatic heterocycles. The third-order valence-electron chi connectivity index (χ3n) is 11.7. The van der Waals surface area contributed by atoms with Crippen molar-refractivity contribution in [2.24, 2.45) is 0 Å². The maximum Gasteiger partial charge on any atom is 0.530 e. The number of benzene rings is 5. The van der Waals surface area contributed by atoms with Crippen molar-refractivity contribution in [1.82, 2.24) is 0 Å². The summed E-state index contributed by atoms with van der Waals surface area (Å²) in [6, 6.07) is 27.9. The number of aryl methyl sites for hydroxylation is 3. The number of rotatable bonds is 8. The molecule has 8 heteroatoms. The van der Waals surface area contributed by atoms with Gasteiger partial charge in [-0.1, -0.05) is 150 Å². The molecule has 0 bridgehead atoms. The van der Waals surface area contributed by atoms with E-state index in [2.05, 4.69) is 107 Å². The lowest BCUT2D eigenvalue weighted by molar-refractivity contribution is -0.134. The first-order valence-electron chi connectivity index (χ1n) is 21.2. The molecular weight excluding hydrogens is 780 g/mol. The van der Waals surface area contributed by atoms with Crippen LogP contribution in [0, 0.1) is 20.8 Å². The minimum Gasteiger partial charge on any atom is -0.425 e. The minimum atomic E-state index is -2.03. The van der Waals surface area contributed by atoms with Crippen LogP contribution < -0.4 is 23.0 Å². The molecule has 0 saturated carbocycles. The molecule has 0 saturated heterocycles. The van der Waals surface area contributed by atoms with Crippen molar-refractivity contribution >= 4 is 20.5 Å². The van der Waals surface area contributed by atoms with Gasteiger partial charge in [-0.2, -0.15) is 0 Å². The van der Waals surface area contributed by atoms with E-state index in [9.17, 15) is 9.59 Å². The monoisotopic (exact) mass is 840 g/mol. The molecule has 7 rings (SSSR count). The molecule has 0 aliphatic carbocycles. The number of ether oxygens (including phenoxy) is 2. The highest BCUT2D eigenvalue weighted by molar-refractivity contribution is 7.43. The first-order valence-corrected chi connectivity index (χ1v) is 22.3. The maximum atomic E-state index is 13.8. The van der Waals surface area contributed by atoms with E-state index in [0.717, 1.165) is 61.2 Å². The molecule has 2 aliphatic rings. The highest BCUT2D eigenvalue weighted by Crippen LogP contribution is 2.51. The van der Waals surface area contributed by atoms with E-state index in [1.807, 2.05) is 81.4 Å². The van der Waals surface area contributed by atoms with Gasteiger partial charge in [0.25, 0.3) is 0 Å². The summed E-state index contributed by atoms with van der Waals surface area (Å²) in [5, 5.41) is 0. The van der Waals surface area contributed by atoms with Crippen LogP contribution in [0.1, 0.15) is 156 Å². The van der Waals surface area contributed by atoms with Crippen molar-refractivity contribution in [3.63, 3.8) is 0 Å². The van der Waals surface area contributed by atoms with Crippen molar-refractivity contribution in [1.29, 1.82) is 0 Å². The molecule has 0 amide bonds. The molecule has 3 atom stereocenters. The van der Waals surface area contributed by atoms with Crippen LogP contribution in [0.25, 0.3) is 0 Å². The zero-order valence-electron chi connectivity index (χ0n) is 38.5. The average Bonchev–Trinajstić information content (AvgIpc) is 3.66. The Hall–Kier alpha value is -5.13. The van der Waals surface area contributed by atoms with Gasteiger partial charge >= 0.3 is 20.5 Å². The molecule has 0 aromatic heterocycles. The molecule has 5 aromatic carbocycles. The Kier molecular flexibility index (Phi) is 11.3. The fraction of sp³-hybridized carbons (Fsp3) is 0.396. The number of carbonyl (C=O) groups excluding carboxylic acids is 2. The van der Waals surface area contributed by atoms with Gasteiger partial charge in [-0.25, -0.2) is 0 Å². The van der Waals surface area contributed by atoms with Crippen LogP contribution in [0.2, 0.25) is 0 Å². The molecule has 0 radical (unpaired) electrons. The van der Waals surface area contributed by atoms with Gasteiger partial charge < -0.3 is 23.0 Å². The lowest BCUT2D eigenvalue weighted by Gasteiger charge is -2.27. The normalized spacial score (nSPS) is 17.0. The van der Waals surface area contributed by atoms with Gasteiger partial charge in [-0.3, -0.25) is 9.59 Å². The molecule has 61 heavy (non-hydrogen) atoms. The summed E-state index contributed by atoms with van der Waals surface area (Å²) in [6.07, 6.45) is 0. The number of esters is 2. The Labute approximate surface area is 364 Å². The van der Waals surface area contributed by atoms with E-state index in [-0.39, 0.29) is 33.6 Å². The quantitative estimate of drug-likeness (QED) is 0.0874. The van der Waals surface area contributed by atoms with Crippen LogP contribution >= 0.6 is 8.60 Å². The molecule has 7 nitrogen and oxygen atoms in total. The third-order valence-corrected chi connectivity index (χ3v) is 12.7. The number of hydrogen-bond acceptors (Lipinski definition) is 7. The Morgan fingerprint density at radius 1 is 0.492 bits per heavy atom. The Balaban J connectivity index is 1.21. The minimum absolute atomic E-state index is 0.119. The second-order valence-corrected chi connectivity index (χ2v) is 21.9. The van der Waals surface area contributed by atoms with E-state index in [4.69, 9.17) is 23.0 Å². The predicted octanol–water partition coefficient (Wildman–Crippen LogP) is 13.7. The zero-order valence-corrected chi connectivity index (χ0v) is 39.4. The second kappa shape index (κ2) is 15.6. The third kappa shape index (κ3) is 8.82. The van der Waals surface area contributed by atoms with Crippen LogP contribution in [-0.4, -0.2) is 11.9 Å². The zero-order chi connectivity index (χ0) is 44.6. The fourth-order valence-corrected chi connectivity index (χ4v) is 9.38. The van der Waals surface area contributed by atoms with Crippen molar-refractivity contribution < 1.29 is 32.6 Å². The smallest absolute Gasteiger partial charge is 0.425 e. The molecule has 0 fully saturated rings. The standard InChI is InChI=1S/C53H61O7P/c1-30-23-33(43-38-26-35(50(4,5)6)28-40(52(10,11)12)46(38)56-48(43)54)21-22-42(30)59-61(58-37-19-17-16-18-20-37)60-45-31(2)24-34(25-32(45)3)44-39-27-36(51(7,8)9)29-41(53(13,14)15)47(39)57-49(44)55/h16-29,43-44H,1-15H3. The van der Waals surface area contributed by atoms with Crippen LogP contribution in [0.3, 0.4) is 0 Å². The predicted molar refractivity (Wildman–Crippen MR) is 245 cm³/mol. The summed E-state index contributed by atoms with van der Waals surface area (Å²) in [5.41, 5.74) is 9.63. The molecule has 0 N–H and O–H groups in total. The fourth-order valence-electron chi connectivity index (χ4n) is 8.17. The molecule has 3 unspecified atom stereocenters. The van der Waals surface area contributed by atoms with Gasteiger partial charge in [0.1, 0.15) is 40.6 Å². The average molecular weight is 841 g/mol. The number of carbonyl (C=O) groups is 2. The summed E-state index contributed by atoms with van der Waals surface area (Å²) in [6.45, 7) is 32.0. The summed E-state index contributed by atoms with van der Waals surface area (Å²) in [5.74, 6) is 1.39. The van der Waals surface area contributed by atoms with Crippen molar-refractivity contribution in [3.05, 3.63) is 146 Å². The van der Waals surface area contributed by atoms with Gasteiger partial charge in [-0.05, 0) is 99.6 Å². The Morgan fingerprint density at radius 3 is 1.39 bits per heavy atom. The van der Waals surface area contributed by atoms with Crippen molar-refractivity contribution in [2.45, 2.75) is 137 Å². The summed E-state index contributed by atoms with van der Waals surface area (Å²) >= 11 is 0. The molecular formula is C53H61O7P. The van der Waals surface area contributed by atoms with Crippen molar-refractivity contribution in [3.8, 4) is 28.7 Å². The van der Waals surface area contributed by atoms with E-state index >= 15 is 0 Å².